The Morgan fingerprint density at radius 2 is 1.63 bits per heavy atom. The highest BCUT2D eigenvalue weighted by molar-refractivity contribution is 6.04. The molecule has 0 aromatic heterocycles. The second-order valence-corrected chi connectivity index (χ2v) is 8.63. The molecule has 35 heavy (non-hydrogen) atoms. The fraction of sp³-hybridized carbons (Fsp3) is 0.357. The molecule has 7 nitrogen and oxygen atoms in total. The number of carbonyl (C=O) groups is 2. The van der Waals surface area contributed by atoms with Crippen LogP contribution in [0.2, 0.25) is 0 Å². The maximum absolute atomic E-state index is 13.7. The monoisotopic (exact) mass is 477 g/mol. The van der Waals surface area contributed by atoms with Crippen molar-refractivity contribution in [2.45, 2.75) is 38.5 Å². The van der Waals surface area contributed by atoms with Crippen LogP contribution in [0.15, 0.2) is 65.0 Å². The van der Waals surface area contributed by atoms with E-state index in [0.29, 0.717) is 41.2 Å². The van der Waals surface area contributed by atoms with E-state index in [0.717, 1.165) is 22.6 Å². The first-order valence-electron chi connectivity index (χ1n) is 11.7. The van der Waals surface area contributed by atoms with Gasteiger partial charge in [-0.05, 0) is 61.6 Å². The van der Waals surface area contributed by atoms with Crippen LogP contribution in [0.4, 0.5) is 0 Å². The van der Waals surface area contributed by atoms with E-state index in [9.17, 15) is 9.59 Å². The van der Waals surface area contributed by atoms with Crippen molar-refractivity contribution in [3.05, 3.63) is 76.1 Å². The van der Waals surface area contributed by atoms with E-state index in [1.165, 1.54) is 0 Å². The lowest BCUT2D eigenvalue weighted by Crippen LogP contribution is -2.36. The first-order valence-corrected chi connectivity index (χ1v) is 11.7. The number of methoxy groups -OCH3 is 3. The highest BCUT2D eigenvalue weighted by atomic mass is 16.5. The second kappa shape index (κ2) is 10.3. The topological polar surface area (TPSA) is 83.1 Å². The fourth-order valence-corrected chi connectivity index (χ4v) is 5.00. The predicted octanol–water partition coefficient (Wildman–Crippen LogP) is 4.64. The third-order valence-electron chi connectivity index (χ3n) is 6.65. The first kappa shape index (κ1) is 24.4. The van der Waals surface area contributed by atoms with E-state index in [1.807, 2.05) is 43.3 Å². The number of carbonyl (C=O) groups excluding carboxylic acids is 2. The first-order chi connectivity index (χ1) is 16.9. The molecule has 1 aliphatic heterocycles. The van der Waals surface area contributed by atoms with Crippen LogP contribution in [0.25, 0.3) is 0 Å². The van der Waals surface area contributed by atoms with Gasteiger partial charge in [0, 0.05) is 29.3 Å². The number of hydrogen-bond donors (Lipinski definition) is 1. The minimum atomic E-state index is -0.561. The number of ketones is 1. The van der Waals surface area contributed by atoms with Gasteiger partial charge in [0.05, 0.1) is 33.5 Å². The fourth-order valence-electron chi connectivity index (χ4n) is 5.00. The van der Waals surface area contributed by atoms with E-state index in [1.54, 1.807) is 34.3 Å². The summed E-state index contributed by atoms with van der Waals surface area (Å²) in [4.78, 5) is 26.8. The minimum Gasteiger partial charge on any atom is -0.497 e. The molecule has 2 aliphatic rings. The van der Waals surface area contributed by atoms with Crippen molar-refractivity contribution in [3.8, 4) is 17.2 Å². The van der Waals surface area contributed by atoms with Gasteiger partial charge in [-0.15, -0.1) is 0 Å². The van der Waals surface area contributed by atoms with Crippen LogP contribution in [0.3, 0.4) is 0 Å². The summed E-state index contributed by atoms with van der Waals surface area (Å²) in [5, 5.41) is 3.37. The molecule has 0 saturated heterocycles. The number of Topliss-reactive ketones (excluding diaryl/α,β-unsaturated/α-hetero) is 1. The van der Waals surface area contributed by atoms with Crippen LogP contribution in [-0.2, 0) is 14.3 Å². The summed E-state index contributed by atoms with van der Waals surface area (Å²) in [5.41, 5.74) is 4.42. The Morgan fingerprint density at radius 1 is 0.943 bits per heavy atom. The molecule has 0 saturated carbocycles. The number of nitrogens with one attached hydrogen (secondary N) is 1. The molecule has 0 unspecified atom stereocenters. The molecule has 0 fully saturated rings. The summed E-state index contributed by atoms with van der Waals surface area (Å²) >= 11 is 0. The van der Waals surface area contributed by atoms with Crippen molar-refractivity contribution in [3.63, 3.8) is 0 Å². The van der Waals surface area contributed by atoms with Crippen LogP contribution in [0.5, 0.6) is 17.2 Å². The van der Waals surface area contributed by atoms with E-state index in [2.05, 4.69) is 5.32 Å². The van der Waals surface area contributed by atoms with Gasteiger partial charge in [0.2, 0.25) is 0 Å². The summed E-state index contributed by atoms with van der Waals surface area (Å²) in [7, 11) is 4.76. The van der Waals surface area contributed by atoms with E-state index in [-0.39, 0.29) is 18.3 Å². The number of esters is 1. The molecule has 2 aromatic rings. The van der Waals surface area contributed by atoms with Crippen LogP contribution >= 0.6 is 0 Å². The molecule has 1 N–H and O–H groups in total. The van der Waals surface area contributed by atoms with Crippen molar-refractivity contribution in [2.24, 2.45) is 0 Å². The molecule has 1 aliphatic carbocycles. The number of benzene rings is 2. The highest BCUT2D eigenvalue weighted by Crippen LogP contribution is 2.47. The third kappa shape index (κ3) is 4.63. The Morgan fingerprint density at radius 3 is 2.26 bits per heavy atom. The Bertz CT molecular complexity index is 1190. The molecule has 0 amide bonds. The van der Waals surface area contributed by atoms with Crippen molar-refractivity contribution in [2.75, 3.05) is 27.9 Å². The maximum Gasteiger partial charge on any atom is 0.336 e. The third-order valence-corrected chi connectivity index (χ3v) is 6.65. The standard InChI is InChI=1S/C28H31NO6/c1-6-35-28(31)25-16(2)29-21-13-19(17-7-10-20(32-3)11-8-17)14-22(30)27(21)26(25)18-9-12-23(33-4)24(15-18)34-5/h7-12,15,19,26,29H,6,13-14H2,1-5H3/t19-,26+/m1/s1. The molecule has 2 aromatic carbocycles. The lowest BCUT2D eigenvalue weighted by atomic mass is 9.71. The average molecular weight is 478 g/mol. The van der Waals surface area contributed by atoms with Gasteiger partial charge in [0.1, 0.15) is 5.75 Å². The van der Waals surface area contributed by atoms with Crippen LogP contribution in [-0.4, -0.2) is 39.7 Å². The summed E-state index contributed by atoms with van der Waals surface area (Å²) < 4.78 is 21.6. The van der Waals surface area contributed by atoms with Gasteiger partial charge in [-0.25, -0.2) is 4.79 Å². The lowest BCUT2D eigenvalue weighted by Gasteiger charge is -2.36. The Labute approximate surface area is 205 Å². The zero-order chi connectivity index (χ0) is 25.1. The summed E-state index contributed by atoms with van der Waals surface area (Å²) in [6.07, 6.45) is 1.01. The van der Waals surface area contributed by atoms with Crippen molar-refractivity contribution < 1.29 is 28.5 Å². The normalized spacial score (nSPS) is 19.6. The number of allylic oxidation sites excluding steroid dienone is 3. The number of hydrogen-bond acceptors (Lipinski definition) is 7. The van der Waals surface area contributed by atoms with Gasteiger partial charge >= 0.3 is 5.97 Å². The molecular weight excluding hydrogens is 446 g/mol. The molecule has 0 bridgehead atoms. The van der Waals surface area contributed by atoms with Gasteiger partial charge in [-0.1, -0.05) is 18.2 Å². The van der Waals surface area contributed by atoms with Gasteiger partial charge in [-0.3, -0.25) is 4.79 Å². The molecule has 4 rings (SSSR count). The molecule has 1 heterocycles. The molecular formula is C28H31NO6. The van der Waals surface area contributed by atoms with Crippen molar-refractivity contribution in [1.82, 2.24) is 5.32 Å². The molecule has 2 atom stereocenters. The van der Waals surface area contributed by atoms with E-state index >= 15 is 0 Å². The minimum absolute atomic E-state index is 0.00801. The Balaban J connectivity index is 1.80. The smallest absolute Gasteiger partial charge is 0.336 e. The summed E-state index contributed by atoms with van der Waals surface area (Å²) in [6.45, 7) is 3.87. The van der Waals surface area contributed by atoms with Crippen LogP contribution < -0.4 is 19.5 Å². The molecule has 0 radical (unpaired) electrons. The highest BCUT2D eigenvalue weighted by Gasteiger charge is 2.41. The Kier molecular flexibility index (Phi) is 7.15. The van der Waals surface area contributed by atoms with Gasteiger partial charge in [-0.2, -0.15) is 0 Å². The lowest BCUT2D eigenvalue weighted by molar-refractivity contribution is -0.138. The zero-order valence-electron chi connectivity index (χ0n) is 20.8. The van der Waals surface area contributed by atoms with E-state index in [4.69, 9.17) is 18.9 Å². The summed E-state index contributed by atoms with van der Waals surface area (Å²) in [5.74, 6) is 0.927. The van der Waals surface area contributed by atoms with Crippen LogP contribution in [0, 0.1) is 0 Å². The molecule has 184 valence electrons. The SMILES string of the molecule is CCOC(=O)C1=C(C)NC2=C(C(=O)C[C@H](c3ccc(OC)cc3)C2)[C@H]1c1ccc(OC)c(OC)c1. The number of ether oxygens (including phenoxy) is 4. The number of dihydropyridines is 1. The van der Waals surface area contributed by atoms with Gasteiger partial charge in [0.25, 0.3) is 0 Å². The number of rotatable bonds is 7. The van der Waals surface area contributed by atoms with Crippen molar-refractivity contribution >= 4 is 11.8 Å². The van der Waals surface area contributed by atoms with Crippen molar-refractivity contribution in [1.29, 1.82) is 0 Å². The summed E-state index contributed by atoms with van der Waals surface area (Å²) in [6, 6.07) is 13.3. The van der Waals surface area contributed by atoms with E-state index < -0.39 is 11.9 Å². The van der Waals surface area contributed by atoms with Gasteiger partial charge < -0.3 is 24.3 Å². The predicted molar refractivity (Wildman–Crippen MR) is 132 cm³/mol. The zero-order valence-corrected chi connectivity index (χ0v) is 20.8. The van der Waals surface area contributed by atoms with Gasteiger partial charge in [0.15, 0.2) is 17.3 Å². The second-order valence-electron chi connectivity index (χ2n) is 8.63. The molecule has 0 spiro atoms. The quantitative estimate of drug-likeness (QED) is 0.582. The molecule has 7 heteroatoms. The Hall–Kier alpha value is -3.74. The van der Waals surface area contributed by atoms with Crippen LogP contribution in [0.1, 0.15) is 49.7 Å². The maximum atomic E-state index is 13.7. The average Bonchev–Trinajstić information content (AvgIpc) is 2.87. The largest absolute Gasteiger partial charge is 0.497 e.